The van der Waals surface area contributed by atoms with Crippen molar-refractivity contribution in [3.8, 4) is 0 Å². The Morgan fingerprint density at radius 2 is 1.84 bits per heavy atom. The summed E-state index contributed by atoms with van der Waals surface area (Å²) in [7, 11) is -3.91. The van der Waals surface area contributed by atoms with Gasteiger partial charge in [-0.3, -0.25) is 14.9 Å². The topological polar surface area (TPSA) is 118 Å². The summed E-state index contributed by atoms with van der Waals surface area (Å²) in [5, 5.41) is 13.5. The minimum atomic E-state index is -3.91. The average Bonchev–Trinajstić information content (AvgIpc) is 2.55. The number of hydrogen-bond donors (Lipinski definition) is 2. The summed E-state index contributed by atoms with van der Waals surface area (Å²) in [6.07, 6.45) is 0. The van der Waals surface area contributed by atoms with Gasteiger partial charge in [0.25, 0.3) is 5.69 Å². The van der Waals surface area contributed by atoms with E-state index in [4.69, 9.17) is 11.6 Å². The van der Waals surface area contributed by atoms with Crippen LogP contribution in [0, 0.1) is 10.1 Å². The van der Waals surface area contributed by atoms with E-state index in [9.17, 15) is 23.3 Å². The smallest absolute Gasteiger partial charge is 0.271 e. The Bertz CT molecular complexity index is 900. The summed E-state index contributed by atoms with van der Waals surface area (Å²) >= 11 is 5.72. The van der Waals surface area contributed by atoms with Crippen LogP contribution in [0.3, 0.4) is 0 Å². The summed E-state index contributed by atoms with van der Waals surface area (Å²) in [6.45, 7) is 1.36. The van der Waals surface area contributed by atoms with Crippen molar-refractivity contribution >= 4 is 38.9 Å². The number of rotatable bonds is 6. The molecule has 25 heavy (non-hydrogen) atoms. The Balaban J connectivity index is 2.08. The van der Waals surface area contributed by atoms with E-state index in [0.29, 0.717) is 5.02 Å². The molecule has 0 fully saturated rings. The molecule has 10 heteroatoms. The van der Waals surface area contributed by atoms with E-state index in [0.717, 1.165) is 0 Å². The number of halogens is 1. The van der Waals surface area contributed by atoms with Crippen molar-refractivity contribution in [2.24, 2.45) is 0 Å². The maximum atomic E-state index is 12.2. The molecule has 0 radical (unpaired) electrons. The molecule has 0 aliphatic heterocycles. The zero-order valence-electron chi connectivity index (χ0n) is 13.0. The van der Waals surface area contributed by atoms with Crippen molar-refractivity contribution in [2.45, 2.75) is 17.9 Å². The van der Waals surface area contributed by atoms with Crippen molar-refractivity contribution in [3.05, 3.63) is 63.7 Å². The fourth-order valence-corrected chi connectivity index (χ4v) is 3.24. The van der Waals surface area contributed by atoms with Gasteiger partial charge in [-0.25, -0.2) is 8.42 Å². The van der Waals surface area contributed by atoms with Crippen LogP contribution >= 0.6 is 11.6 Å². The number of anilines is 1. The second kappa shape index (κ2) is 7.60. The number of nitrogens with one attached hydrogen (secondary N) is 2. The Labute approximate surface area is 149 Å². The van der Waals surface area contributed by atoms with Crippen LogP contribution in [0.5, 0.6) is 0 Å². The second-order valence-electron chi connectivity index (χ2n) is 5.09. The first-order valence-corrected chi connectivity index (χ1v) is 8.88. The molecule has 1 atom stereocenters. The molecule has 2 rings (SSSR count). The van der Waals surface area contributed by atoms with Crippen LogP contribution in [0.2, 0.25) is 5.02 Å². The summed E-state index contributed by atoms with van der Waals surface area (Å²) < 4.78 is 26.7. The second-order valence-corrected chi connectivity index (χ2v) is 7.24. The predicted molar refractivity (Wildman–Crippen MR) is 93.0 cm³/mol. The van der Waals surface area contributed by atoms with Crippen LogP contribution in [-0.2, 0) is 14.8 Å². The van der Waals surface area contributed by atoms with Gasteiger partial charge in [-0.15, -0.1) is 0 Å². The minimum Gasteiger partial charge on any atom is -0.324 e. The molecule has 0 aromatic heterocycles. The molecule has 8 nitrogen and oxygen atoms in total. The van der Waals surface area contributed by atoms with Crippen LogP contribution in [-0.4, -0.2) is 25.3 Å². The van der Waals surface area contributed by atoms with E-state index in [1.54, 1.807) is 0 Å². The van der Waals surface area contributed by atoms with Gasteiger partial charge in [0.1, 0.15) is 0 Å². The first-order valence-electron chi connectivity index (χ1n) is 7.02. The number of nitro benzene ring substituents is 1. The van der Waals surface area contributed by atoms with Gasteiger partial charge in [0.15, 0.2) is 0 Å². The third-order valence-corrected chi connectivity index (χ3v) is 4.98. The molecule has 0 aliphatic carbocycles. The molecule has 0 aliphatic rings. The van der Waals surface area contributed by atoms with Gasteiger partial charge in [0, 0.05) is 22.8 Å². The molecular weight excluding hydrogens is 370 g/mol. The van der Waals surface area contributed by atoms with Crippen molar-refractivity contribution in [1.29, 1.82) is 0 Å². The van der Waals surface area contributed by atoms with Gasteiger partial charge >= 0.3 is 0 Å². The Hall–Kier alpha value is -2.49. The van der Waals surface area contributed by atoms with Gasteiger partial charge < -0.3 is 5.32 Å². The van der Waals surface area contributed by atoms with Crippen LogP contribution in [0.25, 0.3) is 0 Å². The molecule has 0 unspecified atom stereocenters. The number of nitrogens with zero attached hydrogens (tertiary/aromatic N) is 1. The monoisotopic (exact) mass is 383 g/mol. The Kier molecular flexibility index (Phi) is 5.73. The lowest BCUT2D eigenvalue weighted by Gasteiger charge is -2.14. The van der Waals surface area contributed by atoms with Crippen LogP contribution < -0.4 is 10.0 Å². The van der Waals surface area contributed by atoms with E-state index in [1.807, 2.05) is 0 Å². The summed E-state index contributed by atoms with van der Waals surface area (Å²) in [5.74, 6) is -0.655. The maximum Gasteiger partial charge on any atom is 0.271 e. The molecule has 0 heterocycles. The molecule has 0 saturated carbocycles. The zero-order valence-corrected chi connectivity index (χ0v) is 14.5. The normalized spacial score (nSPS) is 12.4. The number of nitro groups is 1. The van der Waals surface area contributed by atoms with Crippen molar-refractivity contribution in [2.75, 3.05) is 5.32 Å². The van der Waals surface area contributed by atoms with Crippen LogP contribution in [0.4, 0.5) is 11.4 Å². The van der Waals surface area contributed by atoms with E-state index >= 15 is 0 Å². The number of amides is 1. The first kappa shape index (κ1) is 18.8. The third-order valence-electron chi connectivity index (χ3n) is 3.17. The number of carbonyl (C=O) groups is 1. The summed E-state index contributed by atoms with van der Waals surface area (Å²) in [5.41, 5.74) is 0.00365. The molecule has 0 saturated heterocycles. The van der Waals surface area contributed by atoms with Crippen LogP contribution in [0.15, 0.2) is 53.4 Å². The van der Waals surface area contributed by atoms with E-state index in [1.165, 1.54) is 55.5 Å². The summed E-state index contributed by atoms with van der Waals surface area (Å²) in [4.78, 5) is 22.2. The lowest BCUT2D eigenvalue weighted by atomic mass is 10.2. The molecule has 0 spiro atoms. The predicted octanol–water partition coefficient (Wildman–Crippen LogP) is 2.55. The highest BCUT2D eigenvalue weighted by Gasteiger charge is 2.22. The number of benzene rings is 2. The number of sulfonamides is 1. The van der Waals surface area contributed by atoms with Gasteiger partial charge in [-0.2, -0.15) is 4.72 Å². The van der Waals surface area contributed by atoms with Crippen molar-refractivity contribution < 1.29 is 18.1 Å². The molecule has 2 aromatic carbocycles. The SMILES string of the molecule is C[C@@H](NS(=O)(=O)c1ccc(Cl)cc1)C(=O)Nc1cccc([N+](=O)[O-])c1. The number of non-ortho nitro benzene ring substituents is 1. The molecule has 2 aromatic rings. The van der Waals surface area contributed by atoms with Gasteiger partial charge in [-0.05, 0) is 37.3 Å². The third kappa shape index (κ3) is 4.99. The lowest BCUT2D eigenvalue weighted by Crippen LogP contribution is -2.41. The lowest BCUT2D eigenvalue weighted by molar-refractivity contribution is -0.384. The molecular formula is C15H14ClN3O5S. The minimum absolute atomic E-state index is 0.0353. The molecule has 0 bridgehead atoms. The van der Waals surface area contributed by atoms with Gasteiger partial charge in [-0.1, -0.05) is 17.7 Å². The molecule has 132 valence electrons. The fraction of sp³-hybridized carbons (Fsp3) is 0.133. The molecule has 1 amide bonds. The number of hydrogen-bond acceptors (Lipinski definition) is 5. The number of carbonyl (C=O) groups excluding carboxylic acids is 1. The highest BCUT2D eigenvalue weighted by molar-refractivity contribution is 7.89. The van der Waals surface area contributed by atoms with E-state index < -0.39 is 26.9 Å². The Morgan fingerprint density at radius 3 is 2.44 bits per heavy atom. The highest BCUT2D eigenvalue weighted by Crippen LogP contribution is 2.18. The van der Waals surface area contributed by atoms with E-state index in [2.05, 4.69) is 10.0 Å². The fourth-order valence-electron chi connectivity index (χ4n) is 1.92. The van der Waals surface area contributed by atoms with Crippen molar-refractivity contribution in [3.63, 3.8) is 0 Å². The highest BCUT2D eigenvalue weighted by atomic mass is 35.5. The average molecular weight is 384 g/mol. The van der Waals surface area contributed by atoms with E-state index in [-0.39, 0.29) is 16.3 Å². The quantitative estimate of drug-likeness (QED) is 0.587. The van der Waals surface area contributed by atoms with Gasteiger partial charge in [0.05, 0.1) is 15.9 Å². The van der Waals surface area contributed by atoms with Crippen LogP contribution in [0.1, 0.15) is 6.92 Å². The zero-order chi connectivity index (χ0) is 18.6. The maximum absolute atomic E-state index is 12.2. The van der Waals surface area contributed by atoms with Crippen molar-refractivity contribution in [1.82, 2.24) is 4.72 Å². The Morgan fingerprint density at radius 1 is 1.20 bits per heavy atom. The largest absolute Gasteiger partial charge is 0.324 e. The first-order chi connectivity index (χ1) is 11.7. The molecule has 2 N–H and O–H groups in total. The van der Waals surface area contributed by atoms with Gasteiger partial charge in [0.2, 0.25) is 15.9 Å². The standard InChI is InChI=1S/C15H14ClN3O5S/c1-10(18-25(23,24)14-7-5-11(16)6-8-14)15(20)17-12-3-2-4-13(9-12)19(21)22/h2-10,18H,1H3,(H,17,20)/t10-/m1/s1. The summed E-state index contributed by atoms with van der Waals surface area (Å²) in [6, 6.07) is 9.71.